The van der Waals surface area contributed by atoms with Crippen molar-refractivity contribution in [1.82, 2.24) is 30.1 Å². The summed E-state index contributed by atoms with van der Waals surface area (Å²) < 4.78 is 12.9. The van der Waals surface area contributed by atoms with Crippen molar-refractivity contribution < 1.29 is 9.15 Å². The highest BCUT2D eigenvalue weighted by molar-refractivity contribution is 5.85. The fraction of sp³-hybridized carbons (Fsp3) is 0.310. The molecule has 0 saturated carbocycles. The number of furan rings is 1. The van der Waals surface area contributed by atoms with Crippen molar-refractivity contribution in [2.75, 3.05) is 38.2 Å². The minimum Gasteiger partial charge on any atom is -0.495 e. The minimum absolute atomic E-state index is 0.138. The van der Waals surface area contributed by atoms with Crippen LogP contribution in [0.5, 0.6) is 5.75 Å². The lowest BCUT2D eigenvalue weighted by Gasteiger charge is -2.40. The quantitative estimate of drug-likeness (QED) is 0.343. The van der Waals surface area contributed by atoms with Crippen molar-refractivity contribution >= 4 is 16.6 Å². The van der Waals surface area contributed by atoms with Crippen molar-refractivity contribution in [2.24, 2.45) is 0 Å². The maximum absolute atomic E-state index is 13.7. The van der Waals surface area contributed by atoms with E-state index in [2.05, 4.69) is 49.4 Å². The van der Waals surface area contributed by atoms with Crippen LogP contribution in [0.1, 0.15) is 34.3 Å². The Bertz CT molecular complexity index is 1650. The number of para-hydroxylation sites is 2. The molecule has 2 aromatic carbocycles. The molecule has 1 saturated heterocycles. The largest absolute Gasteiger partial charge is 0.495 e. The molecule has 0 radical (unpaired) electrons. The number of benzene rings is 2. The van der Waals surface area contributed by atoms with Crippen LogP contribution in [0.3, 0.4) is 0 Å². The van der Waals surface area contributed by atoms with E-state index in [1.807, 2.05) is 49.4 Å². The van der Waals surface area contributed by atoms with Crippen LogP contribution < -0.4 is 15.2 Å². The van der Waals surface area contributed by atoms with Gasteiger partial charge in [-0.1, -0.05) is 24.3 Å². The Balaban J connectivity index is 1.41. The van der Waals surface area contributed by atoms with Crippen molar-refractivity contribution in [1.29, 1.82) is 0 Å². The average Bonchev–Trinajstić information content (AvgIpc) is 3.65. The first-order valence-corrected chi connectivity index (χ1v) is 13.1. The molecule has 3 aromatic heterocycles. The lowest BCUT2D eigenvalue weighted by molar-refractivity contribution is 0.199. The van der Waals surface area contributed by atoms with E-state index < -0.39 is 6.04 Å². The summed E-state index contributed by atoms with van der Waals surface area (Å²) in [6.07, 6.45) is 1.63. The summed E-state index contributed by atoms with van der Waals surface area (Å²) in [5.74, 6) is 2.19. The number of piperazine rings is 1. The van der Waals surface area contributed by atoms with Gasteiger partial charge >= 0.3 is 0 Å². The molecule has 1 aliphatic rings. The molecule has 0 spiro atoms. The van der Waals surface area contributed by atoms with E-state index in [0.29, 0.717) is 31.0 Å². The SMILES string of the molecule is COc1ccccc1N1CCN([C@H](c2cc3c(C)ccc(C)c3[nH]c2=O)c2nnnn2Cc2ccco2)CC1. The zero-order valence-corrected chi connectivity index (χ0v) is 22.3. The predicted octanol–water partition coefficient (Wildman–Crippen LogP) is 3.69. The van der Waals surface area contributed by atoms with Gasteiger partial charge in [-0.2, -0.15) is 0 Å². The van der Waals surface area contributed by atoms with Crippen LogP contribution in [0, 0.1) is 13.8 Å². The molecule has 0 unspecified atom stereocenters. The Kier molecular flexibility index (Phi) is 6.62. The van der Waals surface area contributed by atoms with Gasteiger partial charge in [-0.15, -0.1) is 5.10 Å². The highest BCUT2D eigenvalue weighted by atomic mass is 16.5. The van der Waals surface area contributed by atoms with Crippen molar-refractivity contribution in [3.05, 3.63) is 99.5 Å². The second kappa shape index (κ2) is 10.4. The molecule has 4 heterocycles. The molecule has 10 nitrogen and oxygen atoms in total. The van der Waals surface area contributed by atoms with Crippen molar-refractivity contribution in [2.45, 2.75) is 26.4 Å². The van der Waals surface area contributed by atoms with Gasteiger partial charge in [-0.25, -0.2) is 4.68 Å². The molecule has 0 aliphatic carbocycles. The van der Waals surface area contributed by atoms with E-state index in [4.69, 9.17) is 9.15 Å². The van der Waals surface area contributed by atoms with Gasteiger partial charge in [0.2, 0.25) is 0 Å². The highest BCUT2D eigenvalue weighted by Crippen LogP contribution is 2.32. The third-order valence-corrected chi connectivity index (χ3v) is 7.56. The number of aromatic nitrogens is 5. The van der Waals surface area contributed by atoms with E-state index in [1.54, 1.807) is 18.1 Å². The number of aromatic amines is 1. The molecule has 5 aromatic rings. The third-order valence-electron chi connectivity index (χ3n) is 7.56. The van der Waals surface area contributed by atoms with Crippen LogP contribution in [-0.4, -0.2) is 63.4 Å². The molecule has 200 valence electrons. The number of anilines is 1. The standard InChI is InChI=1S/C29H31N7O3/c1-19-10-11-20(2)26-22(19)17-23(29(37)30-26)27(28-31-32-33-36(28)18-21-7-6-16-39-21)35-14-12-34(13-15-35)24-8-4-5-9-25(24)38-3/h4-11,16-17,27H,12-15,18H2,1-3H3,(H,30,37)/t27-/m1/s1. The van der Waals surface area contributed by atoms with Gasteiger partial charge in [0, 0.05) is 37.1 Å². The third kappa shape index (κ3) is 4.67. The first-order chi connectivity index (χ1) is 19.0. The van der Waals surface area contributed by atoms with Crippen molar-refractivity contribution in [3.8, 4) is 5.75 Å². The first-order valence-electron chi connectivity index (χ1n) is 13.1. The van der Waals surface area contributed by atoms with Crippen LogP contribution in [0.15, 0.2) is 70.1 Å². The molecule has 1 fully saturated rings. The van der Waals surface area contributed by atoms with Crippen LogP contribution in [-0.2, 0) is 6.54 Å². The van der Waals surface area contributed by atoms with Crippen LogP contribution in [0.4, 0.5) is 5.69 Å². The van der Waals surface area contributed by atoms with Gasteiger partial charge in [-0.05, 0) is 65.7 Å². The Morgan fingerprint density at radius 2 is 1.82 bits per heavy atom. The Hall–Kier alpha value is -4.44. The lowest BCUT2D eigenvalue weighted by atomic mass is 9.99. The molecule has 0 amide bonds. The fourth-order valence-corrected chi connectivity index (χ4v) is 5.48. The summed E-state index contributed by atoms with van der Waals surface area (Å²) in [6.45, 7) is 7.39. The van der Waals surface area contributed by atoms with E-state index in [9.17, 15) is 4.79 Å². The number of methoxy groups -OCH3 is 1. The zero-order chi connectivity index (χ0) is 26.9. The Labute approximate surface area is 225 Å². The van der Waals surface area contributed by atoms with Crippen LogP contribution in [0.25, 0.3) is 10.9 Å². The Morgan fingerprint density at radius 3 is 2.59 bits per heavy atom. The maximum Gasteiger partial charge on any atom is 0.253 e. The molecular formula is C29H31N7O3. The normalized spacial score (nSPS) is 15.1. The number of pyridine rings is 1. The molecule has 1 atom stereocenters. The number of hydrogen-bond donors (Lipinski definition) is 1. The molecule has 6 rings (SSSR count). The van der Waals surface area contributed by atoms with Gasteiger partial charge in [0.15, 0.2) is 5.82 Å². The first kappa shape index (κ1) is 24.9. The van der Waals surface area contributed by atoms with Gasteiger partial charge in [0.05, 0.1) is 24.6 Å². The maximum atomic E-state index is 13.7. The summed E-state index contributed by atoms with van der Waals surface area (Å²) in [4.78, 5) is 21.4. The number of aryl methyl sites for hydroxylation is 2. The number of nitrogens with zero attached hydrogens (tertiary/aromatic N) is 6. The van der Waals surface area contributed by atoms with Crippen LogP contribution >= 0.6 is 0 Å². The summed E-state index contributed by atoms with van der Waals surface area (Å²) >= 11 is 0. The number of nitrogens with one attached hydrogen (secondary N) is 1. The summed E-state index contributed by atoms with van der Waals surface area (Å²) in [7, 11) is 1.69. The number of H-pyrrole nitrogens is 1. The van der Waals surface area contributed by atoms with Crippen LogP contribution in [0.2, 0.25) is 0 Å². The molecule has 0 bridgehead atoms. The average molecular weight is 526 g/mol. The lowest BCUT2D eigenvalue weighted by Crippen LogP contribution is -2.49. The van der Waals surface area contributed by atoms with Gasteiger partial charge < -0.3 is 19.0 Å². The molecular weight excluding hydrogens is 494 g/mol. The smallest absolute Gasteiger partial charge is 0.253 e. The van der Waals surface area contributed by atoms with Gasteiger partial charge in [0.1, 0.15) is 24.1 Å². The molecule has 1 N–H and O–H groups in total. The Morgan fingerprint density at radius 1 is 1.03 bits per heavy atom. The number of fused-ring (bicyclic) bond motifs is 1. The molecule has 1 aliphatic heterocycles. The fourth-order valence-electron chi connectivity index (χ4n) is 5.48. The van der Waals surface area contributed by atoms with E-state index >= 15 is 0 Å². The number of hydrogen-bond acceptors (Lipinski definition) is 8. The monoisotopic (exact) mass is 525 g/mol. The van der Waals surface area contributed by atoms with Crippen molar-refractivity contribution in [3.63, 3.8) is 0 Å². The predicted molar refractivity (Wildman–Crippen MR) is 148 cm³/mol. The van der Waals surface area contributed by atoms with E-state index in [0.717, 1.165) is 52.3 Å². The number of tetrazole rings is 1. The van der Waals surface area contributed by atoms with E-state index in [1.165, 1.54) is 0 Å². The zero-order valence-electron chi connectivity index (χ0n) is 22.3. The minimum atomic E-state index is -0.442. The molecule has 39 heavy (non-hydrogen) atoms. The molecule has 10 heteroatoms. The van der Waals surface area contributed by atoms with Gasteiger partial charge in [0.25, 0.3) is 5.56 Å². The summed E-state index contributed by atoms with van der Waals surface area (Å²) in [5, 5.41) is 13.7. The highest BCUT2D eigenvalue weighted by Gasteiger charge is 2.33. The summed E-state index contributed by atoms with van der Waals surface area (Å²) in [5.41, 5.74) is 4.54. The van der Waals surface area contributed by atoms with E-state index in [-0.39, 0.29) is 5.56 Å². The number of rotatable bonds is 7. The summed E-state index contributed by atoms with van der Waals surface area (Å²) in [6, 6.07) is 17.5. The second-order valence-electron chi connectivity index (χ2n) is 9.91. The van der Waals surface area contributed by atoms with Gasteiger partial charge in [-0.3, -0.25) is 9.69 Å². The topological polar surface area (TPSA) is 105 Å². The second-order valence-corrected chi connectivity index (χ2v) is 9.91. The number of ether oxygens (including phenoxy) is 1.